The Morgan fingerprint density at radius 2 is 1.89 bits per heavy atom. The normalized spacial score (nSPS) is 12.5. The van der Waals surface area contributed by atoms with Crippen molar-refractivity contribution in [1.29, 1.82) is 0 Å². The quantitative estimate of drug-likeness (QED) is 0.568. The minimum atomic E-state index is -4.32. The summed E-state index contributed by atoms with van der Waals surface area (Å²) in [7, 11) is 0. The summed E-state index contributed by atoms with van der Waals surface area (Å²) >= 11 is 0. The number of benzene rings is 1. The highest BCUT2D eigenvalue weighted by atomic mass is 19.4. The maximum absolute atomic E-state index is 12.4. The van der Waals surface area contributed by atoms with Crippen molar-refractivity contribution >= 4 is 11.8 Å². The van der Waals surface area contributed by atoms with Gasteiger partial charge in [-0.1, -0.05) is 24.6 Å². The highest BCUT2D eigenvalue weighted by Crippen LogP contribution is 2.29. The predicted octanol–water partition coefficient (Wildman–Crippen LogP) is 4.33. The van der Waals surface area contributed by atoms with Crippen molar-refractivity contribution in [3.63, 3.8) is 0 Å². The summed E-state index contributed by atoms with van der Waals surface area (Å²) in [5, 5.41) is 0. The van der Waals surface area contributed by atoms with E-state index in [1.54, 1.807) is 13.0 Å². The van der Waals surface area contributed by atoms with Gasteiger partial charge in [-0.3, -0.25) is 0 Å². The largest absolute Gasteiger partial charge is 0.416 e. The van der Waals surface area contributed by atoms with E-state index in [0.717, 1.165) is 17.7 Å². The Kier molecular flexibility index (Phi) is 4.71. The zero-order valence-corrected chi connectivity index (χ0v) is 10.3. The maximum atomic E-state index is 12.4. The van der Waals surface area contributed by atoms with Crippen molar-refractivity contribution in [2.75, 3.05) is 0 Å². The fraction of sp³-hybridized carbons (Fsp3) is 0.133. The van der Waals surface area contributed by atoms with E-state index in [9.17, 15) is 13.2 Å². The van der Waals surface area contributed by atoms with Crippen LogP contribution in [0.5, 0.6) is 0 Å². The zero-order chi connectivity index (χ0) is 14.5. The fourth-order valence-electron chi connectivity index (χ4n) is 1.29. The van der Waals surface area contributed by atoms with Crippen molar-refractivity contribution in [2.45, 2.75) is 13.1 Å². The molecule has 0 aliphatic carbocycles. The summed E-state index contributed by atoms with van der Waals surface area (Å²) in [5.74, 6) is 2.26. The molecule has 4 heteroatoms. The molecule has 0 unspecified atom stereocenters. The van der Waals surface area contributed by atoms with Gasteiger partial charge in [0.05, 0.1) is 5.56 Å². The van der Waals surface area contributed by atoms with Crippen molar-refractivity contribution in [1.82, 2.24) is 0 Å². The molecule has 0 aromatic heterocycles. The topological polar surface area (TPSA) is 12.4 Å². The van der Waals surface area contributed by atoms with Crippen LogP contribution in [0.3, 0.4) is 0 Å². The molecule has 0 radical (unpaired) electrons. The van der Waals surface area contributed by atoms with Gasteiger partial charge in [0.15, 0.2) is 0 Å². The highest BCUT2D eigenvalue weighted by Gasteiger charge is 2.29. The molecule has 0 bridgehead atoms. The first-order valence-electron chi connectivity index (χ1n) is 5.38. The van der Waals surface area contributed by atoms with Crippen molar-refractivity contribution in [3.05, 3.63) is 53.7 Å². The minimum absolute atomic E-state index is 0.288. The smallest absolute Gasteiger partial charge is 0.248 e. The van der Waals surface area contributed by atoms with Gasteiger partial charge >= 0.3 is 6.18 Å². The van der Waals surface area contributed by atoms with Gasteiger partial charge in [0.2, 0.25) is 0 Å². The Labute approximate surface area is 110 Å². The summed E-state index contributed by atoms with van der Waals surface area (Å²) in [6, 6.07) is 4.92. The molecule has 0 heterocycles. The number of rotatable bonds is 3. The number of hydrogen-bond acceptors (Lipinski definition) is 1. The van der Waals surface area contributed by atoms with Crippen molar-refractivity contribution in [2.24, 2.45) is 4.99 Å². The van der Waals surface area contributed by atoms with E-state index in [-0.39, 0.29) is 5.70 Å². The molecule has 0 amide bonds. The highest BCUT2D eigenvalue weighted by molar-refractivity contribution is 5.84. The third-order valence-corrected chi connectivity index (χ3v) is 2.39. The summed E-state index contributed by atoms with van der Waals surface area (Å²) in [4.78, 5) is 3.85. The fourth-order valence-corrected chi connectivity index (χ4v) is 1.29. The number of alkyl halides is 3. The molecule has 0 aliphatic rings. The number of allylic oxidation sites excluding steroid dienone is 3. The molecule has 1 rings (SSSR count). The lowest BCUT2D eigenvalue weighted by Gasteiger charge is -2.07. The van der Waals surface area contributed by atoms with E-state index in [1.165, 1.54) is 18.3 Å². The van der Waals surface area contributed by atoms with Gasteiger partial charge in [0, 0.05) is 6.21 Å². The van der Waals surface area contributed by atoms with Gasteiger partial charge in [0.1, 0.15) is 5.70 Å². The summed E-state index contributed by atoms with van der Waals surface area (Å²) in [6.45, 7) is 5.26. The Morgan fingerprint density at radius 3 is 2.37 bits per heavy atom. The van der Waals surface area contributed by atoms with Crippen LogP contribution in [0, 0.1) is 12.3 Å². The first-order chi connectivity index (χ1) is 8.84. The van der Waals surface area contributed by atoms with Crippen LogP contribution in [-0.4, -0.2) is 6.21 Å². The van der Waals surface area contributed by atoms with Gasteiger partial charge < -0.3 is 0 Å². The molecule has 0 N–H and O–H groups in total. The Hall–Kier alpha value is -2.28. The molecule has 1 aromatic carbocycles. The van der Waals surface area contributed by atoms with Crippen LogP contribution in [0.4, 0.5) is 13.2 Å². The van der Waals surface area contributed by atoms with Gasteiger partial charge in [-0.2, -0.15) is 13.2 Å². The van der Waals surface area contributed by atoms with E-state index in [1.807, 2.05) is 0 Å². The second kappa shape index (κ2) is 6.05. The second-order valence-electron chi connectivity index (χ2n) is 3.79. The van der Waals surface area contributed by atoms with Crippen LogP contribution in [-0.2, 0) is 6.18 Å². The summed E-state index contributed by atoms with van der Waals surface area (Å²) in [6.07, 6.45) is 3.87. The molecule has 0 atom stereocenters. The van der Waals surface area contributed by atoms with Crippen LogP contribution in [0.25, 0.3) is 5.57 Å². The zero-order valence-electron chi connectivity index (χ0n) is 10.3. The van der Waals surface area contributed by atoms with Crippen LogP contribution >= 0.6 is 0 Å². The van der Waals surface area contributed by atoms with E-state index >= 15 is 0 Å². The second-order valence-corrected chi connectivity index (χ2v) is 3.79. The first-order valence-corrected chi connectivity index (χ1v) is 5.38. The molecule has 0 saturated carbocycles. The van der Waals surface area contributed by atoms with Crippen LogP contribution in [0.15, 0.2) is 47.6 Å². The summed E-state index contributed by atoms with van der Waals surface area (Å²) < 4.78 is 37.2. The van der Waals surface area contributed by atoms with E-state index in [4.69, 9.17) is 6.42 Å². The molecule has 1 nitrogen and oxygen atoms in total. The molecule has 0 aliphatic heterocycles. The number of halogens is 3. The van der Waals surface area contributed by atoms with Gasteiger partial charge in [-0.15, -0.1) is 6.42 Å². The molecule has 0 saturated heterocycles. The Morgan fingerprint density at radius 1 is 1.32 bits per heavy atom. The van der Waals surface area contributed by atoms with Crippen LogP contribution in [0.1, 0.15) is 18.1 Å². The Bertz CT molecular complexity index is 555. The maximum Gasteiger partial charge on any atom is 0.416 e. The number of aliphatic imine (C=N–C) groups is 1. The van der Waals surface area contributed by atoms with Gasteiger partial charge in [0.25, 0.3) is 0 Å². The van der Waals surface area contributed by atoms with Gasteiger partial charge in [-0.05, 0) is 36.3 Å². The third-order valence-electron chi connectivity index (χ3n) is 2.39. The lowest BCUT2D eigenvalue weighted by Crippen LogP contribution is -2.04. The average Bonchev–Trinajstić information content (AvgIpc) is 2.37. The van der Waals surface area contributed by atoms with Crippen LogP contribution in [0.2, 0.25) is 0 Å². The van der Waals surface area contributed by atoms with E-state index in [0.29, 0.717) is 5.56 Å². The molecular formula is C15H12F3N. The molecular weight excluding hydrogens is 251 g/mol. The molecule has 0 spiro atoms. The van der Waals surface area contributed by atoms with Crippen molar-refractivity contribution < 1.29 is 13.2 Å². The average molecular weight is 263 g/mol. The van der Waals surface area contributed by atoms with E-state index < -0.39 is 11.7 Å². The molecule has 0 fully saturated rings. The van der Waals surface area contributed by atoms with Gasteiger partial charge in [-0.25, -0.2) is 4.99 Å². The SMILES string of the molecule is C#CC(=C)/N=C\C=C(/C)c1ccc(C(F)(F)F)cc1. The number of hydrogen-bond donors (Lipinski definition) is 0. The van der Waals surface area contributed by atoms with Crippen molar-refractivity contribution in [3.8, 4) is 12.3 Å². The Balaban J connectivity index is 2.87. The predicted molar refractivity (Wildman–Crippen MR) is 71.6 cm³/mol. The summed E-state index contributed by atoms with van der Waals surface area (Å²) in [5.41, 5.74) is 1.09. The monoisotopic (exact) mass is 263 g/mol. The molecule has 1 aromatic rings. The van der Waals surface area contributed by atoms with E-state index in [2.05, 4.69) is 17.5 Å². The minimum Gasteiger partial charge on any atom is -0.248 e. The third kappa shape index (κ3) is 4.47. The number of terminal acetylenes is 1. The first kappa shape index (κ1) is 14.8. The number of nitrogens with zero attached hydrogens (tertiary/aromatic N) is 1. The standard InChI is InChI=1S/C15H12F3N/c1-4-12(3)19-10-9-11(2)13-5-7-14(8-6-13)15(16,17)18/h1,5-10H,3H2,2H3/b11-9+,19-10-. The lowest BCUT2D eigenvalue weighted by atomic mass is 10.1. The molecule has 98 valence electrons. The molecule has 19 heavy (non-hydrogen) atoms. The van der Waals surface area contributed by atoms with Crippen LogP contribution < -0.4 is 0 Å². The lowest BCUT2D eigenvalue weighted by molar-refractivity contribution is -0.137.